The number of benzene rings is 1. The molecular formula is C13H16O2. The van der Waals surface area contributed by atoms with Crippen LogP contribution in [0.5, 0.6) is 0 Å². The van der Waals surface area contributed by atoms with Gasteiger partial charge in [0.25, 0.3) is 0 Å². The summed E-state index contributed by atoms with van der Waals surface area (Å²) in [5, 5.41) is 9.18. The lowest BCUT2D eigenvalue weighted by molar-refractivity contribution is 0.0574. The molecule has 2 rings (SSSR count). The van der Waals surface area contributed by atoms with E-state index >= 15 is 0 Å². The highest BCUT2D eigenvalue weighted by molar-refractivity contribution is 5.29. The standard InChI is InChI=1S/C13H16O2/c1-11-7-13(11,9-14)10-15-8-12-5-3-2-4-6-12/h2-6,14H,1,7-10H2. The number of aliphatic hydroxyl groups excluding tert-OH is 1. The molecule has 0 saturated heterocycles. The predicted molar refractivity (Wildman–Crippen MR) is 59.4 cm³/mol. The molecule has 0 aliphatic heterocycles. The zero-order chi connectivity index (χ0) is 10.7. The molecule has 1 aromatic carbocycles. The second-order valence-electron chi connectivity index (χ2n) is 4.20. The molecule has 0 aromatic heterocycles. The minimum Gasteiger partial charge on any atom is -0.395 e. The molecule has 1 atom stereocenters. The van der Waals surface area contributed by atoms with Crippen molar-refractivity contribution in [3.63, 3.8) is 0 Å². The molecule has 1 fully saturated rings. The van der Waals surface area contributed by atoms with E-state index in [4.69, 9.17) is 4.74 Å². The van der Waals surface area contributed by atoms with E-state index in [0.717, 1.165) is 17.6 Å². The van der Waals surface area contributed by atoms with Crippen LogP contribution >= 0.6 is 0 Å². The zero-order valence-electron chi connectivity index (χ0n) is 8.78. The maximum Gasteiger partial charge on any atom is 0.0717 e. The maximum absolute atomic E-state index is 9.18. The van der Waals surface area contributed by atoms with Crippen LogP contribution in [0.2, 0.25) is 0 Å². The van der Waals surface area contributed by atoms with E-state index in [1.54, 1.807) is 0 Å². The van der Waals surface area contributed by atoms with Crippen LogP contribution < -0.4 is 0 Å². The highest BCUT2D eigenvalue weighted by atomic mass is 16.5. The average molecular weight is 204 g/mol. The second-order valence-corrected chi connectivity index (χ2v) is 4.20. The van der Waals surface area contributed by atoms with Crippen molar-refractivity contribution in [1.29, 1.82) is 0 Å². The molecule has 1 aliphatic carbocycles. The summed E-state index contributed by atoms with van der Waals surface area (Å²) < 4.78 is 5.59. The van der Waals surface area contributed by atoms with E-state index in [-0.39, 0.29) is 12.0 Å². The SMILES string of the molecule is C=C1CC1(CO)COCc1ccccc1. The molecule has 1 aromatic rings. The largest absolute Gasteiger partial charge is 0.395 e. The van der Waals surface area contributed by atoms with E-state index < -0.39 is 0 Å². The Morgan fingerprint density at radius 3 is 2.53 bits per heavy atom. The van der Waals surface area contributed by atoms with Crippen molar-refractivity contribution >= 4 is 0 Å². The maximum atomic E-state index is 9.18. The summed E-state index contributed by atoms with van der Waals surface area (Å²) in [5.74, 6) is 0. The van der Waals surface area contributed by atoms with Crippen molar-refractivity contribution in [2.75, 3.05) is 13.2 Å². The fourth-order valence-electron chi connectivity index (χ4n) is 1.67. The van der Waals surface area contributed by atoms with Gasteiger partial charge in [0.05, 0.1) is 19.8 Å². The number of ether oxygens (including phenoxy) is 1. The van der Waals surface area contributed by atoms with Gasteiger partial charge in [-0.2, -0.15) is 0 Å². The first-order valence-electron chi connectivity index (χ1n) is 5.18. The lowest BCUT2D eigenvalue weighted by Crippen LogP contribution is -2.15. The molecule has 2 heteroatoms. The predicted octanol–water partition coefficient (Wildman–Crippen LogP) is 2.14. The van der Waals surface area contributed by atoms with Crippen molar-refractivity contribution in [1.82, 2.24) is 0 Å². The van der Waals surface area contributed by atoms with Gasteiger partial charge >= 0.3 is 0 Å². The molecule has 0 bridgehead atoms. The third-order valence-corrected chi connectivity index (χ3v) is 2.97. The molecule has 0 heterocycles. The molecule has 1 unspecified atom stereocenters. The van der Waals surface area contributed by atoms with Gasteiger partial charge in [-0.3, -0.25) is 0 Å². The molecule has 0 spiro atoms. The average Bonchev–Trinajstić information content (AvgIpc) is 2.92. The summed E-state index contributed by atoms with van der Waals surface area (Å²) >= 11 is 0. The van der Waals surface area contributed by atoms with Crippen molar-refractivity contribution in [2.45, 2.75) is 13.0 Å². The summed E-state index contributed by atoms with van der Waals surface area (Å²) in [6.07, 6.45) is 0.901. The topological polar surface area (TPSA) is 29.5 Å². The number of hydrogen-bond donors (Lipinski definition) is 1. The van der Waals surface area contributed by atoms with E-state index in [2.05, 4.69) is 6.58 Å². The summed E-state index contributed by atoms with van der Waals surface area (Å²) in [7, 11) is 0. The van der Waals surface area contributed by atoms with E-state index in [1.165, 1.54) is 0 Å². The second kappa shape index (κ2) is 4.17. The van der Waals surface area contributed by atoms with Crippen LogP contribution in [0.15, 0.2) is 42.5 Å². The van der Waals surface area contributed by atoms with Crippen LogP contribution in [0, 0.1) is 5.41 Å². The van der Waals surface area contributed by atoms with E-state index in [0.29, 0.717) is 13.2 Å². The van der Waals surface area contributed by atoms with Gasteiger partial charge in [0.2, 0.25) is 0 Å². The first-order valence-corrected chi connectivity index (χ1v) is 5.18. The number of rotatable bonds is 5. The van der Waals surface area contributed by atoms with Crippen LogP contribution in [-0.2, 0) is 11.3 Å². The highest BCUT2D eigenvalue weighted by Crippen LogP contribution is 2.50. The van der Waals surface area contributed by atoms with E-state index in [1.807, 2.05) is 30.3 Å². The Morgan fingerprint density at radius 1 is 1.33 bits per heavy atom. The molecule has 2 nitrogen and oxygen atoms in total. The Labute approximate surface area is 90.2 Å². The molecule has 0 amide bonds. The molecule has 1 saturated carbocycles. The Balaban J connectivity index is 1.78. The minimum atomic E-state index is -0.130. The minimum absolute atomic E-state index is 0.130. The van der Waals surface area contributed by atoms with E-state index in [9.17, 15) is 5.11 Å². The van der Waals surface area contributed by atoms with Crippen LogP contribution in [0.3, 0.4) is 0 Å². The Hall–Kier alpha value is -1.12. The third kappa shape index (κ3) is 2.28. The van der Waals surface area contributed by atoms with Crippen LogP contribution in [-0.4, -0.2) is 18.3 Å². The van der Waals surface area contributed by atoms with Gasteiger partial charge in [-0.15, -0.1) is 0 Å². The van der Waals surface area contributed by atoms with Gasteiger partial charge in [-0.1, -0.05) is 42.5 Å². The van der Waals surface area contributed by atoms with Crippen LogP contribution in [0.1, 0.15) is 12.0 Å². The van der Waals surface area contributed by atoms with Gasteiger partial charge in [-0.05, 0) is 12.0 Å². The normalized spacial score (nSPS) is 24.2. The molecule has 15 heavy (non-hydrogen) atoms. The Bertz CT molecular complexity index is 345. The molecule has 0 radical (unpaired) electrons. The van der Waals surface area contributed by atoms with Gasteiger partial charge in [0.15, 0.2) is 0 Å². The highest BCUT2D eigenvalue weighted by Gasteiger charge is 2.46. The van der Waals surface area contributed by atoms with Gasteiger partial charge in [-0.25, -0.2) is 0 Å². The van der Waals surface area contributed by atoms with Gasteiger partial charge in [0, 0.05) is 5.41 Å². The van der Waals surface area contributed by atoms with Gasteiger partial charge < -0.3 is 9.84 Å². The zero-order valence-corrected chi connectivity index (χ0v) is 8.78. The molecule has 80 valence electrons. The van der Waals surface area contributed by atoms with Crippen molar-refractivity contribution in [2.24, 2.45) is 5.41 Å². The van der Waals surface area contributed by atoms with Crippen molar-refractivity contribution < 1.29 is 9.84 Å². The quantitative estimate of drug-likeness (QED) is 0.745. The first kappa shape index (κ1) is 10.4. The third-order valence-electron chi connectivity index (χ3n) is 2.97. The van der Waals surface area contributed by atoms with Crippen molar-refractivity contribution in [3.8, 4) is 0 Å². The fraction of sp³-hybridized carbons (Fsp3) is 0.385. The number of hydrogen-bond acceptors (Lipinski definition) is 2. The van der Waals surface area contributed by atoms with Crippen LogP contribution in [0.25, 0.3) is 0 Å². The van der Waals surface area contributed by atoms with Crippen LogP contribution in [0.4, 0.5) is 0 Å². The summed E-state index contributed by atoms with van der Waals surface area (Å²) in [6.45, 7) is 5.22. The smallest absolute Gasteiger partial charge is 0.0717 e. The summed E-state index contributed by atoms with van der Waals surface area (Å²) in [5.41, 5.74) is 2.14. The lowest BCUT2D eigenvalue weighted by Gasteiger charge is -2.11. The van der Waals surface area contributed by atoms with Gasteiger partial charge in [0.1, 0.15) is 0 Å². The summed E-state index contributed by atoms with van der Waals surface area (Å²) in [4.78, 5) is 0. The lowest BCUT2D eigenvalue weighted by atomic mass is 10.1. The first-order chi connectivity index (χ1) is 7.27. The number of aliphatic hydroxyl groups is 1. The molecule has 1 aliphatic rings. The molecule has 1 N–H and O–H groups in total. The Kier molecular flexibility index (Phi) is 2.89. The summed E-state index contributed by atoms with van der Waals surface area (Å²) in [6, 6.07) is 10.1. The molecular weight excluding hydrogens is 188 g/mol. The fourth-order valence-corrected chi connectivity index (χ4v) is 1.67. The Morgan fingerprint density at radius 2 is 2.00 bits per heavy atom. The monoisotopic (exact) mass is 204 g/mol. The van der Waals surface area contributed by atoms with Crippen molar-refractivity contribution in [3.05, 3.63) is 48.0 Å².